The Hall–Kier alpha value is -3.15. The van der Waals surface area contributed by atoms with E-state index < -0.39 is 0 Å². The third kappa shape index (κ3) is 4.27. The molecule has 0 saturated carbocycles. The molecule has 5 nitrogen and oxygen atoms in total. The molecule has 0 aromatic heterocycles. The van der Waals surface area contributed by atoms with Gasteiger partial charge in [0, 0.05) is 30.4 Å². The Morgan fingerprint density at radius 1 is 0.969 bits per heavy atom. The first kappa shape index (κ1) is 20.7. The zero-order valence-electron chi connectivity index (χ0n) is 18.1. The molecular formula is C26H28FN3O2. The van der Waals surface area contributed by atoms with Crippen molar-refractivity contribution in [1.82, 2.24) is 10.2 Å². The number of urea groups is 1. The van der Waals surface area contributed by atoms with Gasteiger partial charge in [0.1, 0.15) is 5.82 Å². The van der Waals surface area contributed by atoms with E-state index in [0.717, 1.165) is 18.4 Å². The van der Waals surface area contributed by atoms with Crippen molar-refractivity contribution in [3.8, 4) is 0 Å². The molecule has 1 fully saturated rings. The summed E-state index contributed by atoms with van der Waals surface area (Å²) in [4.78, 5) is 27.1. The molecule has 0 bridgehead atoms. The fourth-order valence-electron chi connectivity index (χ4n) is 5.10. The van der Waals surface area contributed by atoms with Crippen LogP contribution < -0.4 is 10.6 Å². The lowest BCUT2D eigenvalue weighted by Gasteiger charge is -2.32. The van der Waals surface area contributed by atoms with E-state index in [1.807, 2.05) is 6.07 Å². The van der Waals surface area contributed by atoms with Crippen LogP contribution in [0, 0.1) is 5.82 Å². The summed E-state index contributed by atoms with van der Waals surface area (Å²) in [6, 6.07) is 11.7. The minimum atomic E-state index is -0.334. The van der Waals surface area contributed by atoms with Crippen molar-refractivity contribution in [2.24, 2.45) is 0 Å². The average Bonchev–Trinajstić information content (AvgIpc) is 3.19. The van der Waals surface area contributed by atoms with Crippen LogP contribution >= 0.6 is 0 Å². The smallest absolute Gasteiger partial charge is 0.321 e. The van der Waals surface area contributed by atoms with Crippen LogP contribution in [0.2, 0.25) is 0 Å². The highest BCUT2D eigenvalue weighted by atomic mass is 19.1. The highest BCUT2D eigenvalue weighted by molar-refractivity contribution is 5.96. The van der Waals surface area contributed by atoms with Gasteiger partial charge in [0.15, 0.2) is 0 Å². The predicted octanol–water partition coefficient (Wildman–Crippen LogP) is 5.14. The van der Waals surface area contributed by atoms with Gasteiger partial charge in [-0.2, -0.15) is 0 Å². The zero-order chi connectivity index (χ0) is 22.1. The number of allylic oxidation sites excluding steroid dienone is 2. The van der Waals surface area contributed by atoms with Crippen LogP contribution in [0.5, 0.6) is 0 Å². The molecule has 0 unspecified atom stereocenters. The van der Waals surface area contributed by atoms with Gasteiger partial charge in [0.25, 0.3) is 5.91 Å². The van der Waals surface area contributed by atoms with Crippen LogP contribution in [0.4, 0.5) is 14.9 Å². The number of rotatable bonds is 3. The Kier molecular flexibility index (Phi) is 5.68. The maximum absolute atomic E-state index is 13.0. The second kappa shape index (κ2) is 8.77. The van der Waals surface area contributed by atoms with Crippen molar-refractivity contribution in [1.29, 1.82) is 0 Å². The molecule has 0 atom stereocenters. The number of likely N-dealkylation sites (tertiary alicyclic amines) is 1. The molecule has 2 aromatic carbocycles. The Morgan fingerprint density at radius 3 is 2.50 bits per heavy atom. The van der Waals surface area contributed by atoms with Crippen LogP contribution in [0.15, 0.2) is 48.0 Å². The molecular weight excluding hydrogens is 405 g/mol. The standard InChI is InChI=1S/C26H28FN3O2/c27-20-7-9-21(10-8-20)29-26(32)30-13-11-22(12-14-30)28-25(31)19-6-5-18-15-17-3-1-2-4-23(17)24(18)16-19/h5-10,16,22H,1-4,11-15H2,(H,28,31)(H,29,32). The third-order valence-corrected chi connectivity index (χ3v) is 6.90. The first-order valence-electron chi connectivity index (χ1n) is 11.5. The summed E-state index contributed by atoms with van der Waals surface area (Å²) in [7, 11) is 0. The number of anilines is 1. The quantitative estimate of drug-likeness (QED) is 0.704. The Balaban J connectivity index is 1.15. The minimum Gasteiger partial charge on any atom is -0.349 e. The largest absolute Gasteiger partial charge is 0.349 e. The van der Waals surface area contributed by atoms with E-state index in [1.165, 1.54) is 48.1 Å². The van der Waals surface area contributed by atoms with Gasteiger partial charge in [-0.3, -0.25) is 4.79 Å². The molecule has 2 aliphatic carbocycles. The highest BCUT2D eigenvalue weighted by Gasteiger charge is 2.27. The van der Waals surface area contributed by atoms with Crippen molar-refractivity contribution >= 4 is 23.2 Å². The minimum absolute atomic E-state index is 0.0353. The zero-order valence-corrected chi connectivity index (χ0v) is 18.1. The number of halogens is 1. The predicted molar refractivity (Wildman–Crippen MR) is 123 cm³/mol. The summed E-state index contributed by atoms with van der Waals surface area (Å²) < 4.78 is 13.0. The summed E-state index contributed by atoms with van der Waals surface area (Å²) >= 11 is 0. The van der Waals surface area contributed by atoms with Crippen LogP contribution in [-0.4, -0.2) is 36.0 Å². The first-order chi connectivity index (χ1) is 15.6. The van der Waals surface area contributed by atoms with Crippen molar-refractivity contribution in [2.75, 3.05) is 18.4 Å². The van der Waals surface area contributed by atoms with Crippen molar-refractivity contribution in [3.05, 3.63) is 70.5 Å². The third-order valence-electron chi connectivity index (χ3n) is 6.90. The normalized spacial score (nSPS) is 18.2. The fourth-order valence-corrected chi connectivity index (χ4v) is 5.10. The number of nitrogens with one attached hydrogen (secondary N) is 2. The van der Waals surface area contributed by atoms with E-state index in [4.69, 9.17) is 0 Å². The molecule has 32 heavy (non-hydrogen) atoms. The van der Waals surface area contributed by atoms with Gasteiger partial charge in [0.05, 0.1) is 0 Å². The number of benzene rings is 2. The second-order valence-corrected chi connectivity index (χ2v) is 9.01. The number of hydrogen-bond acceptors (Lipinski definition) is 2. The number of amides is 3. The van der Waals surface area contributed by atoms with E-state index in [2.05, 4.69) is 22.8 Å². The Morgan fingerprint density at radius 2 is 1.72 bits per heavy atom. The lowest BCUT2D eigenvalue weighted by atomic mass is 9.91. The van der Waals surface area contributed by atoms with Crippen molar-refractivity contribution in [3.63, 3.8) is 0 Å². The summed E-state index contributed by atoms with van der Waals surface area (Å²) in [5, 5.41) is 5.95. The second-order valence-electron chi connectivity index (χ2n) is 9.01. The van der Waals surface area contributed by atoms with Crippen LogP contribution in [0.25, 0.3) is 5.57 Å². The van der Waals surface area contributed by atoms with Crippen LogP contribution in [0.1, 0.15) is 60.0 Å². The van der Waals surface area contributed by atoms with Gasteiger partial charge >= 0.3 is 6.03 Å². The molecule has 1 aliphatic heterocycles. The van der Waals surface area contributed by atoms with E-state index in [1.54, 1.807) is 22.6 Å². The average molecular weight is 434 g/mol. The molecule has 2 N–H and O–H groups in total. The van der Waals surface area contributed by atoms with Crippen molar-refractivity contribution in [2.45, 2.75) is 51.0 Å². The number of piperidine rings is 1. The van der Waals surface area contributed by atoms with E-state index in [-0.39, 0.29) is 23.8 Å². The van der Waals surface area contributed by atoms with E-state index in [9.17, 15) is 14.0 Å². The van der Waals surface area contributed by atoms with Gasteiger partial charge in [-0.05, 0) is 98.0 Å². The number of carbonyl (C=O) groups is 2. The number of nitrogens with zero attached hydrogens (tertiary/aromatic N) is 1. The molecule has 6 heteroatoms. The molecule has 3 amide bonds. The highest BCUT2D eigenvalue weighted by Crippen LogP contribution is 2.41. The van der Waals surface area contributed by atoms with Gasteiger partial charge < -0.3 is 15.5 Å². The SMILES string of the molecule is O=C(NC1CCN(C(=O)Nc2ccc(F)cc2)CC1)c1ccc2c(c1)C1=C(CCCC1)C2. The van der Waals surface area contributed by atoms with Gasteiger partial charge in [0.2, 0.25) is 0 Å². The maximum atomic E-state index is 13.0. The molecule has 1 heterocycles. The van der Waals surface area contributed by atoms with Crippen LogP contribution in [0.3, 0.4) is 0 Å². The van der Waals surface area contributed by atoms with Crippen molar-refractivity contribution < 1.29 is 14.0 Å². The molecule has 2 aromatic rings. The number of fused-ring (bicyclic) bond motifs is 2. The Bertz CT molecular complexity index is 1070. The summed E-state index contributed by atoms with van der Waals surface area (Å²) in [6.07, 6.45) is 7.31. The summed E-state index contributed by atoms with van der Waals surface area (Å²) in [6.45, 7) is 1.14. The molecule has 3 aliphatic rings. The topological polar surface area (TPSA) is 61.4 Å². The molecule has 0 spiro atoms. The fraction of sp³-hybridized carbons (Fsp3) is 0.385. The first-order valence-corrected chi connectivity index (χ1v) is 11.5. The molecule has 5 rings (SSSR count). The lowest BCUT2D eigenvalue weighted by Crippen LogP contribution is -2.47. The summed E-state index contributed by atoms with van der Waals surface area (Å²) in [5.74, 6) is -0.370. The molecule has 0 radical (unpaired) electrons. The van der Waals surface area contributed by atoms with Gasteiger partial charge in [-0.25, -0.2) is 9.18 Å². The monoisotopic (exact) mass is 433 g/mol. The molecule has 1 saturated heterocycles. The lowest BCUT2D eigenvalue weighted by molar-refractivity contribution is 0.0919. The van der Waals surface area contributed by atoms with E-state index in [0.29, 0.717) is 31.6 Å². The van der Waals surface area contributed by atoms with E-state index >= 15 is 0 Å². The van der Waals surface area contributed by atoms with Crippen LogP contribution in [-0.2, 0) is 6.42 Å². The number of hydrogen-bond donors (Lipinski definition) is 2. The van der Waals surface area contributed by atoms with Gasteiger partial charge in [-0.1, -0.05) is 11.6 Å². The summed E-state index contributed by atoms with van der Waals surface area (Å²) in [5.41, 5.74) is 6.96. The Labute approximate surface area is 187 Å². The van der Waals surface area contributed by atoms with Gasteiger partial charge in [-0.15, -0.1) is 0 Å². The maximum Gasteiger partial charge on any atom is 0.321 e. The molecule has 166 valence electrons. The number of carbonyl (C=O) groups excluding carboxylic acids is 2.